The van der Waals surface area contributed by atoms with Crippen molar-refractivity contribution in [2.75, 3.05) is 25.4 Å². The van der Waals surface area contributed by atoms with E-state index in [4.69, 9.17) is 5.73 Å². The summed E-state index contributed by atoms with van der Waals surface area (Å²) in [4.78, 5) is 38.6. The molecule has 2 aromatic rings. The van der Waals surface area contributed by atoms with E-state index in [1.54, 1.807) is 17.2 Å². The third kappa shape index (κ3) is 3.95. The van der Waals surface area contributed by atoms with Crippen LogP contribution in [0.2, 0.25) is 0 Å². The monoisotopic (exact) mass is 393 g/mol. The lowest BCUT2D eigenvalue weighted by Crippen LogP contribution is -2.58. The Labute approximate surface area is 170 Å². The number of rotatable bonds is 5. The first-order chi connectivity index (χ1) is 14.0. The Morgan fingerprint density at radius 3 is 2.76 bits per heavy atom. The third-order valence-electron chi connectivity index (χ3n) is 5.87. The van der Waals surface area contributed by atoms with Crippen LogP contribution in [-0.4, -0.2) is 57.3 Å². The van der Waals surface area contributed by atoms with Crippen molar-refractivity contribution in [3.05, 3.63) is 41.7 Å². The van der Waals surface area contributed by atoms with Crippen LogP contribution in [0, 0.1) is 12.8 Å². The number of likely N-dealkylation sites (N-methyl/N-ethyl adjacent to an activating group) is 1. The van der Waals surface area contributed by atoms with Crippen LogP contribution >= 0.6 is 0 Å². The summed E-state index contributed by atoms with van der Waals surface area (Å²) < 4.78 is 0. The fourth-order valence-electron chi connectivity index (χ4n) is 3.90. The van der Waals surface area contributed by atoms with E-state index < -0.39 is 0 Å². The highest BCUT2D eigenvalue weighted by Gasteiger charge is 2.40. The number of aryl methyl sites for hydroxylation is 1. The predicted molar refractivity (Wildman–Crippen MR) is 111 cm³/mol. The molecule has 4 rings (SSSR count). The molecule has 0 spiro atoms. The summed E-state index contributed by atoms with van der Waals surface area (Å²) >= 11 is 0. The van der Waals surface area contributed by atoms with Crippen molar-refractivity contribution < 1.29 is 9.59 Å². The second-order valence-electron chi connectivity index (χ2n) is 7.92. The molecule has 152 valence electrons. The lowest BCUT2D eigenvalue weighted by Gasteiger charge is -2.40. The van der Waals surface area contributed by atoms with Gasteiger partial charge in [-0.1, -0.05) is 25.0 Å². The number of nitrogens with zero attached hydrogens (tertiary/aromatic N) is 4. The molecule has 1 aromatic carbocycles. The molecule has 2 fully saturated rings. The van der Waals surface area contributed by atoms with Crippen LogP contribution in [0.1, 0.15) is 42.2 Å². The topological polar surface area (TPSA) is 92.4 Å². The van der Waals surface area contributed by atoms with E-state index in [1.165, 1.54) is 0 Å². The van der Waals surface area contributed by atoms with Gasteiger partial charge >= 0.3 is 0 Å². The van der Waals surface area contributed by atoms with Crippen LogP contribution in [0.5, 0.6) is 0 Å². The summed E-state index contributed by atoms with van der Waals surface area (Å²) in [5.74, 6) is 0.948. The first-order valence-electron chi connectivity index (χ1n) is 10.3. The molecule has 1 aliphatic carbocycles. The summed E-state index contributed by atoms with van der Waals surface area (Å²) in [6.45, 7) is 5.64. The number of hydrogen-bond acceptors (Lipinski definition) is 5. The number of aromatic nitrogens is 2. The zero-order valence-electron chi connectivity index (χ0n) is 17.0. The molecule has 7 heteroatoms. The molecule has 7 nitrogen and oxygen atoms in total. The number of amides is 2. The molecule has 2 N–H and O–H groups in total. The minimum Gasteiger partial charge on any atom is -0.382 e. The molecule has 29 heavy (non-hydrogen) atoms. The van der Waals surface area contributed by atoms with Crippen molar-refractivity contribution in [3.63, 3.8) is 0 Å². The summed E-state index contributed by atoms with van der Waals surface area (Å²) in [6, 6.07) is 7.01. The first kappa shape index (κ1) is 19.4. The van der Waals surface area contributed by atoms with Crippen molar-refractivity contribution in [1.82, 2.24) is 19.8 Å². The standard InChI is InChI=1S/C22H27N5O2/c1-3-26-9-10-27(19(22(26)29)11-15-7-8-15)21(28)17-6-4-5-16(12-17)18-13-24-20(23)14(2)25-18/h4-6,12-13,15,19H,3,7-11H2,1-2H3,(H2,23,24)/t19-/m1/s1. The zero-order valence-corrected chi connectivity index (χ0v) is 17.0. The van der Waals surface area contributed by atoms with Crippen molar-refractivity contribution in [2.45, 2.75) is 39.2 Å². The number of nitrogen functional groups attached to an aromatic ring is 1. The van der Waals surface area contributed by atoms with Gasteiger partial charge in [-0.3, -0.25) is 9.59 Å². The predicted octanol–water partition coefficient (Wildman–Crippen LogP) is 2.51. The summed E-state index contributed by atoms with van der Waals surface area (Å²) in [6.07, 6.45) is 4.69. The van der Waals surface area contributed by atoms with Gasteiger partial charge in [0.25, 0.3) is 5.91 Å². The number of carbonyl (C=O) groups is 2. The van der Waals surface area contributed by atoms with Crippen LogP contribution in [0.3, 0.4) is 0 Å². The lowest BCUT2D eigenvalue weighted by atomic mass is 10.0. The second-order valence-corrected chi connectivity index (χ2v) is 7.92. The van der Waals surface area contributed by atoms with Gasteiger partial charge in [-0.05, 0) is 38.3 Å². The van der Waals surface area contributed by atoms with Crippen LogP contribution in [0.25, 0.3) is 11.3 Å². The van der Waals surface area contributed by atoms with Gasteiger partial charge in [0.05, 0.1) is 17.6 Å². The summed E-state index contributed by atoms with van der Waals surface area (Å²) in [5, 5.41) is 0. The minimum absolute atomic E-state index is 0.0789. The molecule has 1 saturated carbocycles. The quantitative estimate of drug-likeness (QED) is 0.843. The van der Waals surface area contributed by atoms with E-state index in [1.807, 2.05) is 36.9 Å². The van der Waals surface area contributed by atoms with Crippen molar-refractivity contribution in [2.24, 2.45) is 5.92 Å². The molecule has 2 amide bonds. The molecule has 0 bridgehead atoms. The van der Waals surface area contributed by atoms with Crippen LogP contribution in [0.4, 0.5) is 5.82 Å². The maximum Gasteiger partial charge on any atom is 0.254 e. The highest BCUT2D eigenvalue weighted by molar-refractivity contribution is 5.99. The Hall–Kier alpha value is -2.96. The average molecular weight is 393 g/mol. The Kier molecular flexibility index (Phi) is 5.22. The van der Waals surface area contributed by atoms with Crippen LogP contribution < -0.4 is 5.73 Å². The summed E-state index contributed by atoms with van der Waals surface area (Å²) in [7, 11) is 0. The van der Waals surface area contributed by atoms with Gasteiger partial charge in [-0.15, -0.1) is 0 Å². The molecular weight excluding hydrogens is 366 g/mol. The first-order valence-corrected chi connectivity index (χ1v) is 10.3. The van der Waals surface area contributed by atoms with Gasteiger partial charge in [0.1, 0.15) is 11.9 Å². The fraction of sp³-hybridized carbons (Fsp3) is 0.455. The van der Waals surface area contributed by atoms with Gasteiger partial charge < -0.3 is 15.5 Å². The van der Waals surface area contributed by atoms with E-state index in [0.717, 1.165) is 24.8 Å². The molecule has 0 unspecified atom stereocenters. The molecule has 1 aliphatic heterocycles. The SMILES string of the molecule is CCN1CCN(C(=O)c2cccc(-c3cnc(N)c(C)n3)c2)[C@H](CC2CC2)C1=O. The van der Waals surface area contributed by atoms with Gasteiger partial charge in [-0.2, -0.15) is 0 Å². The van der Waals surface area contributed by atoms with E-state index in [2.05, 4.69) is 9.97 Å². The molecule has 0 radical (unpaired) electrons. The van der Waals surface area contributed by atoms with E-state index in [-0.39, 0.29) is 17.9 Å². The lowest BCUT2D eigenvalue weighted by molar-refractivity contribution is -0.140. The minimum atomic E-state index is -0.356. The third-order valence-corrected chi connectivity index (χ3v) is 5.87. The second kappa shape index (κ2) is 7.81. The Bertz CT molecular complexity index is 941. The number of nitrogens with two attached hydrogens (primary N) is 1. The molecule has 1 saturated heterocycles. The highest BCUT2D eigenvalue weighted by atomic mass is 16.2. The highest BCUT2D eigenvalue weighted by Crippen LogP contribution is 2.36. The van der Waals surface area contributed by atoms with Crippen LogP contribution in [0.15, 0.2) is 30.5 Å². The maximum atomic E-state index is 13.4. The number of piperazine rings is 1. The van der Waals surface area contributed by atoms with E-state index >= 15 is 0 Å². The Morgan fingerprint density at radius 2 is 2.07 bits per heavy atom. The number of carbonyl (C=O) groups excluding carboxylic acids is 2. The van der Waals surface area contributed by atoms with Crippen LogP contribution in [-0.2, 0) is 4.79 Å². The molecule has 2 aliphatic rings. The van der Waals surface area contributed by atoms with E-state index in [9.17, 15) is 9.59 Å². The summed E-state index contributed by atoms with van der Waals surface area (Å²) in [5.41, 5.74) is 8.48. The Balaban J connectivity index is 1.61. The van der Waals surface area contributed by atoms with Gasteiger partial charge in [0.2, 0.25) is 5.91 Å². The molecule has 1 aromatic heterocycles. The molecule has 2 heterocycles. The Morgan fingerprint density at radius 1 is 1.28 bits per heavy atom. The maximum absolute atomic E-state index is 13.4. The van der Waals surface area contributed by atoms with E-state index in [0.29, 0.717) is 48.3 Å². The number of anilines is 1. The van der Waals surface area contributed by atoms with Crippen molar-refractivity contribution in [3.8, 4) is 11.3 Å². The smallest absolute Gasteiger partial charge is 0.254 e. The van der Waals surface area contributed by atoms with Gasteiger partial charge in [0.15, 0.2) is 0 Å². The zero-order chi connectivity index (χ0) is 20.5. The van der Waals surface area contributed by atoms with Crippen molar-refractivity contribution >= 4 is 17.6 Å². The normalized spacial score (nSPS) is 19.5. The number of hydrogen-bond donors (Lipinski definition) is 1. The molecular formula is C22H27N5O2. The number of benzene rings is 1. The van der Waals surface area contributed by atoms with Crippen molar-refractivity contribution in [1.29, 1.82) is 0 Å². The largest absolute Gasteiger partial charge is 0.382 e. The van der Waals surface area contributed by atoms with Gasteiger partial charge in [0, 0.05) is 30.8 Å². The average Bonchev–Trinajstić information content (AvgIpc) is 3.55. The fourth-order valence-corrected chi connectivity index (χ4v) is 3.90. The van der Waals surface area contributed by atoms with Gasteiger partial charge in [-0.25, -0.2) is 9.97 Å². The molecule has 1 atom stereocenters.